The van der Waals surface area contributed by atoms with Crippen molar-refractivity contribution in [1.29, 1.82) is 0 Å². The van der Waals surface area contributed by atoms with Crippen LogP contribution >= 0.6 is 11.6 Å². The summed E-state index contributed by atoms with van der Waals surface area (Å²) in [7, 11) is -3.99. The molecule has 2 fully saturated rings. The standard InChI is InChI=1S/C41H53ClN4O6S/c1-4-5-18-45-20-19-44(24-38(45)47)26-41(49)17-6-8-28(2)29(3)53(50,51)43-39(48)31-11-15-37-36(22-31)46(23-32-10-13-35(32)41)25-40(27-52-37)16-7-9-30-21-33(42)12-14-34(30)40/h11-12,14-15,21-22,28-29,32,35,49H,6-10,13,16-20,23-27H2,1-3H3,(H,43,48)/t28-,29+,32-,35+,40-,41+/m0/s1. The van der Waals surface area contributed by atoms with Gasteiger partial charge in [0.2, 0.25) is 15.9 Å². The number of carbonyl (C=O) groups excluding carboxylic acids is 2. The molecule has 53 heavy (non-hydrogen) atoms. The van der Waals surface area contributed by atoms with Crippen LogP contribution in [0.3, 0.4) is 0 Å². The van der Waals surface area contributed by atoms with Crippen molar-refractivity contribution in [3.8, 4) is 17.6 Å². The Balaban J connectivity index is 1.25. The molecule has 3 aliphatic heterocycles. The molecule has 2 aromatic carbocycles. The average molecular weight is 765 g/mol. The van der Waals surface area contributed by atoms with E-state index < -0.39 is 26.8 Å². The molecule has 286 valence electrons. The van der Waals surface area contributed by atoms with Crippen LogP contribution in [0.15, 0.2) is 36.4 Å². The van der Waals surface area contributed by atoms with Gasteiger partial charge in [0.1, 0.15) is 5.75 Å². The topological polar surface area (TPSA) is 119 Å². The fourth-order valence-corrected chi connectivity index (χ4v) is 11.1. The molecule has 7 rings (SSSR count). The average Bonchev–Trinajstić information content (AvgIpc) is 3.25. The molecule has 2 aliphatic carbocycles. The second-order valence-electron chi connectivity index (χ2n) is 16.3. The first-order valence-corrected chi connectivity index (χ1v) is 21.2. The summed E-state index contributed by atoms with van der Waals surface area (Å²) in [6, 6.07) is 11.4. The van der Waals surface area contributed by atoms with E-state index in [1.54, 1.807) is 36.9 Å². The van der Waals surface area contributed by atoms with Crippen molar-refractivity contribution in [3.63, 3.8) is 0 Å². The summed E-state index contributed by atoms with van der Waals surface area (Å²) in [6.07, 6.45) is 6.38. The maximum Gasteiger partial charge on any atom is 0.264 e. The quantitative estimate of drug-likeness (QED) is 0.420. The number of β-amino-alcohol motifs (C(OH)–C–C–N with tert-alkyl or cyclic N) is 1. The molecular weight excluding hydrogens is 712 g/mol. The van der Waals surface area contributed by atoms with Crippen molar-refractivity contribution < 1.29 is 27.9 Å². The summed E-state index contributed by atoms with van der Waals surface area (Å²) < 4.78 is 36.1. The molecule has 2 N–H and O–H groups in total. The normalized spacial score (nSPS) is 31.9. The molecular formula is C41H53ClN4O6S. The van der Waals surface area contributed by atoms with Crippen LogP contribution in [0, 0.1) is 29.6 Å². The van der Waals surface area contributed by atoms with Gasteiger partial charge in [-0.05, 0) is 118 Å². The molecule has 6 atom stereocenters. The fraction of sp³-hybridized carbons (Fsp3) is 0.610. The van der Waals surface area contributed by atoms with E-state index in [-0.39, 0.29) is 41.2 Å². The first-order chi connectivity index (χ1) is 25.3. The smallest absolute Gasteiger partial charge is 0.264 e. The second-order valence-corrected chi connectivity index (χ2v) is 18.8. The second kappa shape index (κ2) is 15.1. The van der Waals surface area contributed by atoms with E-state index in [4.69, 9.17) is 16.3 Å². The van der Waals surface area contributed by atoms with Gasteiger partial charge in [0, 0.05) is 48.7 Å². The highest BCUT2D eigenvalue weighted by Crippen LogP contribution is 2.49. The lowest BCUT2D eigenvalue weighted by Crippen LogP contribution is -2.60. The number of hydrogen-bond acceptors (Lipinski definition) is 8. The summed E-state index contributed by atoms with van der Waals surface area (Å²) in [5, 5.41) is 12.7. The van der Waals surface area contributed by atoms with Crippen molar-refractivity contribution in [1.82, 2.24) is 14.5 Å². The lowest BCUT2D eigenvalue weighted by molar-refractivity contribution is -0.141. The van der Waals surface area contributed by atoms with E-state index in [9.17, 15) is 23.1 Å². The first-order valence-electron chi connectivity index (χ1n) is 19.3. The zero-order valence-electron chi connectivity index (χ0n) is 31.2. The predicted molar refractivity (Wildman–Crippen MR) is 207 cm³/mol. The Morgan fingerprint density at radius 3 is 2.64 bits per heavy atom. The zero-order chi connectivity index (χ0) is 37.5. The Bertz CT molecular complexity index is 1910. The number of benzene rings is 2. The van der Waals surface area contributed by atoms with Gasteiger partial charge < -0.3 is 19.6 Å². The van der Waals surface area contributed by atoms with Crippen LogP contribution in [0.5, 0.6) is 5.75 Å². The number of fused-ring (bicyclic) bond motifs is 4. The Hall–Kier alpha value is -3.30. The van der Waals surface area contributed by atoms with Crippen LogP contribution in [0.1, 0.15) is 87.2 Å². The minimum atomic E-state index is -3.99. The predicted octanol–water partition coefficient (Wildman–Crippen LogP) is 5.01. The van der Waals surface area contributed by atoms with Crippen LogP contribution in [-0.2, 0) is 26.7 Å². The number of hydrogen-bond donors (Lipinski definition) is 2. The zero-order valence-corrected chi connectivity index (χ0v) is 32.8. The molecule has 1 saturated heterocycles. The fourth-order valence-electron chi connectivity index (χ4n) is 9.59. The highest BCUT2D eigenvalue weighted by molar-refractivity contribution is 7.90. The third-order valence-corrected chi connectivity index (χ3v) is 15.1. The molecule has 5 aliphatic rings. The molecule has 2 bridgehead atoms. The van der Waals surface area contributed by atoms with Crippen LogP contribution in [0.2, 0.25) is 5.02 Å². The number of nitrogens with one attached hydrogen (secondary N) is 1. The van der Waals surface area contributed by atoms with Gasteiger partial charge in [0.05, 0.1) is 36.2 Å². The number of piperazine rings is 1. The summed E-state index contributed by atoms with van der Waals surface area (Å²) in [6.45, 7) is 9.33. The van der Waals surface area contributed by atoms with Crippen molar-refractivity contribution in [2.45, 2.75) is 88.4 Å². The van der Waals surface area contributed by atoms with E-state index in [1.807, 2.05) is 13.0 Å². The van der Waals surface area contributed by atoms with Crippen LogP contribution in [-0.4, -0.2) is 98.4 Å². The van der Waals surface area contributed by atoms with E-state index in [0.717, 1.165) is 37.8 Å². The molecule has 0 unspecified atom stereocenters. The highest BCUT2D eigenvalue weighted by Gasteiger charge is 2.50. The van der Waals surface area contributed by atoms with Gasteiger partial charge in [-0.25, -0.2) is 13.1 Å². The number of rotatable bonds is 3. The van der Waals surface area contributed by atoms with Gasteiger partial charge in [0.25, 0.3) is 5.91 Å². The molecule has 10 nitrogen and oxygen atoms in total. The third-order valence-electron chi connectivity index (χ3n) is 13.0. The highest BCUT2D eigenvalue weighted by atomic mass is 35.5. The Morgan fingerprint density at radius 2 is 1.89 bits per heavy atom. The van der Waals surface area contributed by atoms with Crippen LogP contribution in [0.25, 0.3) is 0 Å². The lowest BCUT2D eigenvalue weighted by atomic mass is 9.62. The number of amides is 2. The number of sulfonamides is 1. The SMILES string of the molecule is CC#CCN1CCN(C[C@]2(O)CCC[C@H](C)[C@@H](C)S(=O)(=O)NC(=O)c3ccc4c(c3)N(C[C@@H]3CC[C@H]32)C[C@@]2(CCCc3cc(Cl)ccc32)CO4)CC1=O. The number of aliphatic hydroxyl groups is 1. The summed E-state index contributed by atoms with van der Waals surface area (Å²) in [5.41, 5.74) is 2.08. The molecule has 1 spiro atoms. The number of aryl methyl sites for hydroxylation is 1. The van der Waals surface area contributed by atoms with E-state index in [1.165, 1.54) is 11.1 Å². The van der Waals surface area contributed by atoms with Crippen molar-refractivity contribution >= 4 is 39.1 Å². The third kappa shape index (κ3) is 7.67. The van der Waals surface area contributed by atoms with Crippen LogP contribution < -0.4 is 14.4 Å². The number of halogens is 1. The van der Waals surface area contributed by atoms with E-state index >= 15 is 0 Å². The number of nitrogens with zero attached hydrogens (tertiary/aromatic N) is 3. The van der Waals surface area contributed by atoms with Gasteiger partial charge in [-0.15, -0.1) is 5.92 Å². The molecule has 2 aromatic rings. The van der Waals surface area contributed by atoms with Gasteiger partial charge in [-0.1, -0.05) is 36.9 Å². The van der Waals surface area contributed by atoms with E-state index in [2.05, 4.69) is 38.5 Å². The van der Waals surface area contributed by atoms with Gasteiger partial charge >= 0.3 is 0 Å². The first kappa shape index (κ1) is 38.0. The van der Waals surface area contributed by atoms with Gasteiger partial charge in [0.15, 0.2) is 0 Å². The number of ether oxygens (including phenoxy) is 1. The monoisotopic (exact) mass is 764 g/mol. The van der Waals surface area contributed by atoms with Crippen LogP contribution in [0.4, 0.5) is 5.69 Å². The largest absolute Gasteiger partial charge is 0.490 e. The van der Waals surface area contributed by atoms with Gasteiger partial charge in [-0.2, -0.15) is 0 Å². The molecule has 12 heteroatoms. The van der Waals surface area contributed by atoms with Crippen molar-refractivity contribution in [2.75, 3.05) is 57.3 Å². The van der Waals surface area contributed by atoms with Gasteiger partial charge in [-0.3, -0.25) is 14.5 Å². The Morgan fingerprint density at radius 1 is 1.06 bits per heavy atom. The van der Waals surface area contributed by atoms with Crippen molar-refractivity contribution in [3.05, 3.63) is 58.1 Å². The summed E-state index contributed by atoms with van der Waals surface area (Å²) in [5.74, 6) is 5.80. The Labute approximate surface area is 319 Å². The molecule has 0 aromatic heterocycles. The number of carbonyl (C=O) groups is 2. The van der Waals surface area contributed by atoms with Crippen molar-refractivity contribution in [2.24, 2.45) is 17.8 Å². The maximum absolute atomic E-state index is 13.6. The molecule has 3 heterocycles. The molecule has 0 radical (unpaired) electrons. The molecule has 1 saturated carbocycles. The van der Waals surface area contributed by atoms with E-state index in [0.29, 0.717) is 75.9 Å². The Kier molecular flexibility index (Phi) is 10.8. The lowest BCUT2D eigenvalue weighted by Gasteiger charge is -2.52. The minimum absolute atomic E-state index is 0.0153. The summed E-state index contributed by atoms with van der Waals surface area (Å²) in [4.78, 5) is 32.9. The summed E-state index contributed by atoms with van der Waals surface area (Å²) >= 11 is 6.47. The molecule has 2 amide bonds. The minimum Gasteiger partial charge on any atom is -0.490 e. The number of anilines is 1. The maximum atomic E-state index is 13.6.